The molecule has 0 bridgehead atoms. The Morgan fingerprint density at radius 2 is 1.72 bits per heavy atom. The molecule has 1 aliphatic rings. The van der Waals surface area contributed by atoms with E-state index in [0.717, 1.165) is 15.6 Å². The lowest BCUT2D eigenvalue weighted by Crippen LogP contribution is -2.05. The van der Waals surface area contributed by atoms with Crippen LogP contribution in [-0.4, -0.2) is 5.04 Å². The minimum absolute atomic E-state index is 0.192. The molecule has 1 aliphatic heterocycles. The summed E-state index contributed by atoms with van der Waals surface area (Å²) < 4.78 is 0. The quantitative estimate of drug-likeness (QED) is 0.894. The number of thioether (sulfide) groups is 1. The van der Waals surface area contributed by atoms with Crippen LogP contribution in [0.1, 0.15) is 16.5 Å². The standard InChI is InChI=1S/C14H11ClN2S/c15-12-8-6-11(7-9-12)14-17-16-13(18-14)10-4-2-1-3-5-10/h1-9,13,16H. The van der Waals surface area contributed by atoms with Gasteiger partial charge in [0.05, 0.1) is 0 Å². The molecule has 0 spiro atoms. The van der Waals surface area contributed by atoms with Gasteiger partial charge < -0.3 is 0 Å². The second kappa shape index (κ2) is 5.04. The average Bonchev–Trinajstić information content (AvgIpc) is 2.90. The van der Waals surface area contributed by atoms with E-state index in [-0.39, 0.29) is 5.37 Å². The summed E-state index contributed by atoms with van der Waals surface area (Å²) in [4.78, 5) is 0. The lowest BCUT2D eigenvalue weighted by atomic mass is 10.2. The fourth-order valence-electron chi connectivity index (χ4n) is 1.78. The second-order valence-corrected chi connectivity index (χ2v) is 5.49. The van der Waals surface area contributed by atoms with Gasteiger partial charge in [-0.05, 0) is 17.7 Å². The predicted molar refractivity (Wildman–Crippen MR) is 77.9 cm³/mol. The molecule has 1 atom stereocenters. The number of hydrogen-bond donors (Lipinski definition) is 1. The van der Waals surface area contributed by atoms with E-state index in [4.69, 9.17) is 11.6 Å². The van der Waals surface area contributed by atoms with Crippen molar-refractivity contribution >= 4 is 28.4 Å². The Hall–Kier alpha value is -1.45. The van der Waals surface area contributed by atoms with Crippen molar-refractivity contribution in [3.05, 3.63) is 70.7 Å². The zero-order chi connectivity index (χ0) is 12.4. The van der Waals surface area contributed by atoms with Crippen molar-refractivity contribution in [2.75, 3.05) is 0 Å². The van der Waals surface area contributed by atoms with Crippen molar-refractivity contribution in [3.63, 3.8) is 0 Å². The highest BCUT2D eigenvalue weighted by Gasteiger charge is 2.21. The third-order valence-corrected chi connectivity index (χ3v) is 4.12. The van der Waals surface area contributed by atoms with E-state index >= 15 is 0 Å². The van der Waals surface area contributed by atoms with E-state index in [2.05, 4.69) is 22.7 Å². The summed E-state index contributed by atoms with van der Waals surface area (Å²) in [5.74, 6) is 0. The fourth-order valence-corrected chi connectivity index (χ4v) is 2.90. The Morgan fingerprint density at radius 1 is 1.00 bits per heavy atom. The molecule has 0 fully saturated rings. The minimum Gasteiger partial charge on any atom is -0.291 e. The number of nitrogens with one attached hydrogen (secondary N) is 1. The predicted octanol–water partition coefficient (Wildman–Crippen LogP) is 4.04. The SMILES string of the molecule is Clc1ccc(C2=NNC(c3ccccc3)S2)cc1. The third kappa shape index (κ3) is 2.37. The van der Waals surface area contributed by atoms with Gasteiger partial charge in [-0.3, -0.25) is 5.43 Å². The molecule has 18 heavy (non-hydrogen) atoms. The summed E-state index contributed by atoms with van der Waals surface area (Å²) in [5, 5.41) is 6.32. The molecule has 4 heteroatoms. The lowest BCUT2D eigenvalue weighted by Gasteiger charge is -2.08. The molecule has 0 amide bonds. The molecule has 0 saturated heterocycles. The maximum atomic E-state index is 5.88. The average molecular weight is 275 g/mol. The number of halogens is 1. The van der Waals surface area contributed by atoms with Crippen LogP contribution < -0.4 is 5.43 Å². The van der Waals surface area contributed by atoms with Gasteiger partial charge in [-0.1, -0.05) is 65.8 Å². The molecular weight excluding hydrogens is 264 g/mol. The second-order valence-electron chi connectivity index (χ2n) is 3.96. The van der Waals surface area contributed by atoms with Crippen molar-refractivity contribution in [2.24, 2.45) is 5.10 Å². The van der Waals surface area contributed by atoms with Gasteiger partial charge in [-0.2, -0.15) is 5.10 Å². The number of hydrazone groups is 1. The molecule has 2 nitrogen and oxygen atoms in total. The summed E-state index contributed by atoms with van der Waals surface area (Å²) in [7, 11) is 0. The largest absolute Gasteiger partial charge is 0.291 e. The molecule has 90 valence electrons. The molecule has 1 heterocycles. The van der Waals surface area contributed by atoms with Crippen molar-refractivity contribution in [1.29, 1.82) is 0 Å². The molecule has 0 saturated carbocycles. The summed E-state index contributed by atoms with van der Waals surface area (Å²) in [5.41, 5.74) is 5.48. The topological polar surface area (TPSA) is 24.4 Å². The smallest absolute Gasteiger partial charge is 0.126 e. The van der Waals surface area contributed by atoms with Gasteiger partial charge in [0.2, 0.25) is 0 Å². The highest BCUT2D eigenvalue weighted by atomic mass is 35.5. The zero-order valence-electron chi connectivity index (χ0n) is 9.51. The Kier molecular flexibility index (Phi) is 3.26. The maximum Gasteiger partial charge on any atom is 0.126 e. The van der Waals surface area contributed by atoms with Crippen LogP contribution >= 0.6 is 23.4 Å². The molecule has 0 aliphatic carbocycles. The summed E-state index contributed by atoms with van der Waals surface area (Å²) >= 11 is 7.60. The van der Waals surface area contributed by atoms with E-state index < -0.39 is 0 Å². The molecule has 0 radical (unpaired) electrons. The number of hydrogen-bond acceptors (Lipinski definition) is 3. The molecule has 1 N–H and O–H groups in total. The van der Waals surface area contributed by atoms with Gasteiger partial charge in [0, 0.05) is 10.6 Å². The van der Waals surface area contributed by atoms with Gasteiger partial charge in [-0.15, -0.1) is 0 Å². The monoisotopic (exact) mass is 274 g/mol. The Morgan fingerprint density at radius 3 is 2.44 bits per heavy atom. The Bertz CT molecular complexity index is 566. The number of benzene rings is 2. The Labute approximate surface area is 115 Å². The molecular formula is C14H11ClN2S. The van der Waals surface area contributed by atoms with Gasteiger partial charge in [-0.25, -0.2) is 0 Å². The minimum atomic E-state index is 0.192. The molecule has 1 unspecified atom stereocenters. The fraction of sp³-hybridized carbons (Fsp3) is 0.0714. The lowest BCUT2D eigenvalue weighted by molar-refractivity contribution is 0.744. The maximum absolute atomic E-state index is 5.88. The number of rotatable bonds is 2. The van der Waals surface area contributed by atoms with Crippen LogP contribution in [0.25, 0.3) is 0 Å². The molecule has 2 aromatic rings. The first-order valence-electron chi connectivity index (χ1n) is 5.64. The van der Waals surface area contributed by atoms with E-state index in [9.17, 15) is 0 Å². The zero-order valence-corrected chi connectivity index (χ0v) is 11.1. The van der Waals surface area contributed by atoms with Crippen LogP contribution in [0.2, 0.25) is 5.02 Å². The van der Waals surface area contributed by atoms with Gasteiger partial charge in [0.15, 0.2) is 0 Å². The van der Waals surface area contributed by atoms with Crippen LogP contribution in [0.3, 0.4) is 0 Å². The van der Waals surface area contributed by atoms with Crippen molar-refractivity contribution < 1.29 is 0 Å². The van der Waals surface area contributed by atoms with E-state index in [0.29, 0.717) is 0 Å². The molecule has 2 aromatic carbocycles. The van der Waals surface area contributed by atoms with E-state index in [1.54, 1.807) is 11.8 Å². The van der Waals surface area contributed by atoms with Crippen LogP contribution in [0.15, 0.2) is 59.7 Å². The normalized spacial score (nSPS) is 18.3. The van der Waals surface area contributed by atoms with E-state index in [1.165, 1.54) is 5.56 Å². The van der Waals surface area contributed by atoms with Gasteiger partial charge in [0.1, 0.15) is 10.4 Å². The molecule has 3 rings (SSSR count). The van der Waals surface area contributed by atoms with Gasteiger partial charge in [0.25, 0.3) is 0 Å². The van der Waals surface area contributed by atoms with Crippen LogP contribution in [0, 0.1) is 0 Å². The van der Waals surface area contributed by atoms with Crippen LogP contribution in [0.5, 0.6) is 0 Å². The third-order valence-electron chi connectivity index (χ3n) is 2.71. The van der Waals surface area contributed by atoms with E-state index in [1.807, 2.05) is 42.5 Å². The highest BCUT2D eigenvalue weighted by molar-refractivity contribution is 8.14. The van der Waals surface area contributed by atoms with Crippen molar-refractivity contribution in [3.8, 4) is 0 Å². The first kappa shape index (κ1) is 11.6. The van der Waals surface area contributed by atoms with Gasteiger partial charge >= 0.3 is 0 Å². The van der Waals surface area contributed by atoms with Crippen molar-refractivity contribution in [2.45, 2.75) is 5.37 Å². The van der Waals surface area contributed by atoms with Crippen LogP contribution in [0.4, 0.5) is 0 Å². The first-order valence-corrected chi connectivity index (χ1v) is 6.89. The summed E-state index contributed by atoms with van der Waals surface area (Å²) in [6.45, 7) is 0. The first-order chi connectivity index (χ1) is 8.83. The highest BCUT2D eigenvalue weighted by Crippen LogP contribution is 2.34. The summed E-state index contributed by atoms with van der Waals surface area (Å²) in [6, 6.07) is 18.0. The summed E-state index contributed by atoms with van der Waals surface area (Å²) in [6.07, 6.45) is 0. The molecule has 0 aromatic heterocycles. The van der Waals surface area contributed by atoms with Crippen LogP contribution in [-0.2, 0) is 0 Å². The number of nitrogens with zero attached hydrogens (tertiary/aromatic N) is 1. The van der Waals surface area contributed by atoms with Crippen molar-refractivity contribution in [1.82, 2.24) is 5.43 Å². The Balaban J connectivity index is 1.77.